The maximum absolute atomic E-state index is 11.9. The summed E-state index contributed by atoms with van der Waals surface area (Å²) in [6, 6.07) is 10.4. The van der Waals surface area contributed by atoms with Crippen molar-refractivity contribution in [2.24, 2.45) is 5.92 Å². The molecular weight excluding hydrogens is 280 g/mol. The summed E-state index contributed by atoms with van der Waals surface area (Å²) < 4.78 is 4.68. The van der Waals surface area contributed by atoms with Crippen LogP contribution in [0.1, 0.15) is 12.0 Å². The van der Waals surface area contributed by atoms with Gasteiger partial charge in [-0.05, 0) is 12.0 Å². The molecular formula is C17H20N2O3. The van der Waals surface area contributed by atoms with Gasteiger partial charge in [0, 0.05) is 31.6 Å². The molecule has 2 aliphatic heterocycles. The molecule has 1 amide bonds. The highest BCUT2D eigenvalue weighted by atomic mass is 16.5. The van der Waals surface area contributed by atoms with E-state index in [0.29, 0.717) is 0 Å². The molecule has 0 aromatic heterocycles. The van der Waals surface area contributed by atoms with Gasteiger partial charge < -0.3 is 10.1 Å². The van der Waals surface area contributed by atoms with Gasteiger partial charge in [-0.15, -0.1) is 0 Å². The number of fused-ring (bicyclic) bond motifs is 1. The second kappa shape index (κ2) is 6.32. The minimum Gasteiger partial charge on any atom is -0.465 e. The summed E-state index contributed by atoms with van der Waals surface area (Å²) in [7, 11) is 1.30. The summed E-state index contributed by atoms with van der Waals surface area (Å²) >= 11 is 0. The van der Waals surface area contributed by atoms with Gasteiger partial charge in [0.15, 0.2) is 0 Å². The van der Waals surface area contributed by atoms with Crippen molar-refractivity contribution < 1.29 is 14.3 Å². The number of esters is 1. The Morgan fingerprint density at radius 1 is 1.36 bits per heavy atom. The summed E-state index contributed by atoms with van der Waals surface area (Å²) in [5.74, 6) is -0.718. The molecule has 0 bridgehead atoms. The Hall–Kier alpha value is -2.14. The first-order valence-electron chi connectivity index (χ1n) is 7.54. The largest absolute Gasteiger partial charge is 0.465 e. The molecule has 0 radical (unpaired) electrons. The molecule has 0 saturated carbocycles. The lowest BCUT2D eigenvalue weighted by Gasteiger charge is -2.40. The monoisotopic (exact) mass is 300 g/mol. The number of hydrogen-bond acceptors (Lipinski definition) is 4. The van der Waals surface area contributed by atoms with Crippen LogP contribution in [0, 0.1) is 5.92 Å². The van der Waals surface area contributed by atoms with E-state index >= 15 is 0 Å². The van der Waals surface area contributed by atoms with Gasteiger partial charge in [-0.1, -0.05) is 36.4 Å². The van der Waals surface area contributed by atoms with Crippen LogP contribution in [0.15, 0.2) is 42.0 Å². The van der Waals surface area contributed by atoms with Crippen molar-refractivity contribution in [1.82, 2.24) is 10.2 Å². The summed E-state index contributed by atoms with van der Waals surface area (Å²) in [5, 5.41) is 2.93. The smallest absolute Gasteiger partial charge is 0.343 e. The molecule has 0 aliphatic carbocycles. The number of likely N-dealkylation sites (tertiary alicyclic amines) is 1. The zero-order valence-corrected chi connectivity index (χ0v) is 12.6. The molecule has 2 heterocycles. The van der Waals surface area contributed by atoms with Gasteiger partial charge >= 0.3 is 5.97 Å². The quantitative estimate of drug-likeness (QED) is 0.671. The SMILES string of the molecule is COC(=O)C1=C[C@@H]2CN(Cc3ccccc3)CC[C@H]2NC1=O. The standard InChI is InChI=1S/C17H20N2O3/c1-22-17(21)14-9-13-11-19(8-7-15(13)18-16(14)20)10-12-5-3-2-4-6-12/h2-6,9,13,15H,7-8,10-11H2,1H3,(H,18,20)/t13-,15-/m1/s1. The maximum Gasteiger partial charge on any atom is 0.343 e. The van der Waals surface area contributed by atoms with Crippen LogP contribution in [-0.4, -0.2) is 43.0 Å². The van der Waals surface area contributed by atoms with E-state index in [-0.39, 0.29) is 23.4 Å². The van der Waals surface area contributed by atoms with Crippen LogP contribution in [0.5, 0.6) is 0 Å². The van der Waals surface area contributed by atoms with Gasteiger partial charge in [0.2, 0.25) is 0 Å². The number of nitrogens with zero attached hydrogens (tertiary/aromatic N) is 1. The van der Waals surface area contributed by atoms with E-state index in [0.717, 1.165) is 26.1 Å². The molecule has 1 aromatic rings. The molecule has 0 unspecified atom stereocenters. The first-order chi connectivity index (χ1) is 10.7. The van der Waals surface area contributed by atoms with Crippen molar-refractivity contribution in [1.29, 1.82) is 0 Å². The summed E-state index contributed by atoms with van der Waals surface area (Å²) in [5.41, 5.74) is 1.41. The number of carbonyl (C=O) groups excluding carboxylic acids is 2. The minimum atomic E-state index is -0.559. The molecule has 1 saturated heterocycles. The number of hydrogen-bond donors (Lipinski definition) is 1. The van der Waals surface area contributed by atoms with E-state index in [2.05, 4.69) is 27.1 Å². The average Bonchev–Trinajstić information content (AvgIpc) is 2.55. The first kappa shape index (κ1) is 14.8. The highest BCUT2D eigenvalue weighted by Crippen LogP contribution is 2.25. The fraction of sp³-hybridized carbons (Fsp3) is 0.412. The Bertz CT molecular complexity index is 597. The number of rotatable bonds is 3. The summed E-state index contributed by atoms with van der Waals surface area (Å²) in [6.45, 7) is 2.66. The fourth-order valence-electron chi connectivity index (χ4n) is 3.19. The second-order valence-corrected chi connectivity index (χ2v) is 5.83. The van der Waals surface area contributed by atoms with Crippen molar-refractivity contribution in [3.63, 3.8) is 0 Å². The Morgan fingerprint density at radius 2 is 2.14 bits per heavy atom. The van der Waals surface area contributed by atoms with Gasteiger partial charge in [0.1, 0.15) is 5.57 Å². The lowest BCUT2D eigenvalue weighted by molar-refractivity contribution is -0.138. The van der Waals surface area contributed by atoms with Crippen LogP contribution in [-0.2, 0) is 20.9 Å². The van der Waals surface area contributed by atoms with E-state index in [4.69, 9.17) is 0 Å². The van der Waals surface area contributed by atoms with Crippen LogP contribution in [0.25, 0.3) is 0 Å². The van der Waals surface area contributed by atoms with E-state index in [1.807, 2.05) is 18.2 Å². The number of amides is 1. The third-order valence-electron chi connectivity index (χ3n) is 4.34. The minimum absolute atomic E-state index is 0.118. The Balaban J connectivity index is 1.71. The van der Waals surface area contributed by atoms with Crippen molar-refractivity contribution in [3.8, 4) is 0 Å². The van der Waals surface area contributed by atoms with Crippen molar-refractivity contribution in [2.75, 3.05) is 20.2 Å². The predicted octanol–water partition coefficient (Wildman–Crippen LogP) is 1.11. The molecule has 5 nitrogen and oxygen atoms in total. The number of benzene rings is 1. The number of methoxy groups -OCH3 is 1. The zero-order valence-electron chi connectivity index (χ0n) is 12.6. The molecule has 0 spiro atoms. The third kappa shape index (κ3) is 3.04. The molecule has 1 aromatic carbocycles. The first-order valence-corrected chi connectivity index (χ1v) is 7.54. The highest BCUT2D eigenvalue weighted by Gasteiger charge is 2.36. The fourth-order valence-corrected chi connectivity index (χ4v) is 3.19. The highest BCUT2D eigenvalue weighted by molar-refractivity contribution is 6.16. The van der Waals surface area contributed by atoms with Crippen LogP contribution < -0.4 is 5.32 Å². The summed E-state index contributed by atoms with van der Waals surface area (Å²) in [6.07, 6.45) is 2.68. The molecule has 2 aliphatic rings. The normalized spacial score (nSPS) is 25.0. The molecule has 3 rings (SSSR count). The topological polar surface area (TPSA) is 58.6 Å². The Kier molecular flexibility index (Phi) is 4.24. The predicted molar refractivity (Wildman–Crippen MR) is 81.9 cm³/mol. The van der Waals surface area contributed by atoms with Gasteiger partial charge in [-0.25, -0.2) is 4.79 Å². The number of ether oxygens (including phenoxy) is 1. The van der Waals surface area contributed by atoms with Gasteiger partial charge in [-0.2, -0.15) is 0 Å². The molecule has 1 fully saturated rings. The zero-order chi connectivity index (χ0) is 15.5. The van der Waals surface area contributed by atoms with Gasteiger partial charge in [0.05, 0.1) is 7.11 Å². The Labute approximate surface area is 129 Å². The lowest BCUT2D eigenvalue weighted by Crippen LogP contribution is -2.53. The van der Waals surface area contributed by atoms with E-state index in [1.54, 1.807) is 6.08 Å². The van der Waals surface area contributed by atoms with Crippen LogP contribution in [0.2, 0.25) is 0 Å². The maximum atomic E-state index is 11.9. The second-order valence-electron chi connectivity index (χ2n) is 5.83. The van der Waals surface area contributed by atoms with E-state index < -0.39 is 5.97 Å². The molecule has 116 valence electrons. The molecule has 1 N–H and O–H groups in total. The van der Waals surface area contributed by atoms with Crippen molar-refractivity contribution in [3.05, 3.63) is 47.5 Å². The van der Waals surface area contributed by atoms with E-state index in [1.165, 1.54) is 12.7 Å². The molecule has 2 atom stereocenters. The van der Waals surface area contributed by atoms with Crippen LogP contribution >= 0.6 is 0 Å². The van der Waals surface area contributed by atoms with Gasteiger partial charge in [0.25, 0.3) is 5.91 Å². The van der Waals surface area contributed by atoms with Crippen LogP contribution in [0.3, 0.4) is 0 Å². The lowest BCUT2D eigenvalue weighted by atomic mass is 9.86. The van der Waals surface area contributed by atoms with E-state index in [9.17, 15) is 9.59 Å². The third-order valence-corrected chi connectivity index (χ3v) is 4.34. The Morgan fingerprint density at radius 3 is 2.86 bits per heavy atom. The number of piperidine rings is 1. The van der Waals surface area contributed by atoms with Crippen molar-refractivity contribution >= 4 is 11.9 Å². The van der Waals surface area contributed by atoms with Gasteiger partial charge in [-0.3, -0.25) is 9.69 Å². The summed E-state index contributed by atoms with van der Waals surface area (Å²) in [4.78, 5) is 25.9. The van der Waals surface area contributed by atoms with Crippen LogP contribution in [0.4, 0.5) is 0 Å². The van der Waals surface area contributed by atoms with Crippen molar-refractivity contribution in [2.45, 2.75) is 19.0 Å². The average molecular weight is 300 g/mol. The molecule has 22 heavy (non-hydrogen) atoms. The molecule has 5 heteroatoms. The number of carbonyl (C=O) groups is 2. The number of nitrogens with one attached hydrogen (secondary N) is 1.